The topological polar surface area (TPSA) is 74.2 Å². The standard InChI is InChI=1S/C18H22B2O6/c1-2-11-15(21)16(17(20)25-11)23-9-13-12(8-14(19)24-13)26-18(22)10-6-4-3-5-7-10/h3-7,11-17,21H,2,8-9H2,1H3/t11-,12-,13-,14-,15+,16?,17-/m1/s1. The minimum atomic E-state index is -0.810. The maximum absolute atomic E-state index is 12.3. The van der Waals surface area contributed by atoms with Crippen molar-refractivity contribution in [3.63, 3.8) is 0 Å². The number of rotatable bonds is 6. The van der Waals surface area contributed by atoms with Crippen LogP contribution < -0.4 is 0 Å². The predicted octanol–water partition coefficient (Wildman–Crippen LogP) is 0.545. The van der Waals surface area contributed by atoms with E-state index in [0.29, 0.717) is 18.4 Å². The van der Waals surface area contributed by atoms with Gasteiger partial charge in [-0.2, -0.15) is 0 Å². The molecule has 6 nitrogen and oxygen atoms in total. The van der Waals surface area contributed by atoms with Crippen molar-refractivity contribution in [3.8, 4) is 0 Å². The van der Waals surface area contributed by atoms with Crippen molar-refractivity contribution in [2.45, 2.75) is 62.3 Å². The van der Waals surface area contributed by atoms with E-state index in [1.807, 2.05) is 13.0 Å². The summed E-state index contributed by atoms with van der Waals surface area (Å²) in [5.41, 5.74) is 0.458. The number of carbonyl (C=O) groups is 1. The average molecular weight is 356 g/mol. The molecule has 3 rings (SSSR count). The van der Waals surface area contributed by atoms with Crippen molar-refractivity contribution in [3.05, 3.63) is 35.9 Å². The fraction of sp³-hybridized carbons (Fsp3) is 0.611. The van der Waals surface area contributed by atoms with E-state index >= 15 is 0 Å². The summed E-state index contributed by atoms with van der Waals surface area (Å²) in [6, 6.07) is 7.46. The third-order valence-corrected chi connectivity index (χ3v) is 4.73. The lowest BCUT2D eigenvalue weighted by atomic mass is 9.92. The van der Waals surface area contributed by atoms with Gasteiger partial charge in [-0.05, 0) is 18.6 Å². The minimum absolute atomic E-state index is 0.0929. The number of ether oxygens (including phenoxy) is 4. The van der Waals surface area contributed by atoms with Gasteiger partial charge in [-0.1, -0.05) is 25.1 Å². The number of hydrogen-bond donors (Lipinski definition) is 1. The van der Waals surface area contributed by atoms with Crippen LogP contribution in [0.25, 0.3) is 0 Å². The molecule has 1 aromatic carbocycles. The fourth-order valence-corrected chi connectivity index (χ4v) is 3.30. The maximum Gasteiger partial charge on any atom is 0.338 e. The first-order chi connectivity index (χ1) is 12.5. The van der Waals surface area contributed by atoms with Gasteiger partial charge in [0.05, 0.1) is 18.3 Å². The zero-order valence-electron chi connectivity index (χ0n) is 14.7. The first-order valence-electron chi connectivity index (χ1n) is 8.87. The summed E-state index contributed by atoms with van der Waals surface area (Å²) in [6.45, 7) is 2.00. The van der Waals surface area contributed by atoms with Crippen LogP contribution in [0.5, 0.6) is 0 Å². The van der Waals surface area contributed by atoms with Gasteiger partial charge < -0.3 is 24.1 Å². The lowest BCUT2D eigenvalue weighted by Gasteiger charge is -2.24. The van der Waals surface area contributed by atoms with Gasteiger partial charge >= 0.3 is 5.97 Å². The highest BCUT2D eigenvalue weighted by molar-refractivity contribution is 6.11. The van der Waals surface area contributed by atoms with Crippen molar-refractivity contribution in [1.82, 2.24) is 0 Å². The Morgan fingerprint density at radius 1 is 1.23 bits per heavy atom. The van der Waals surface area contributed by atoms with E-state index in [9.17, 15) is 9.90 Å². The second kappa shape index (κ2) is 8.57. The van der Waals surface area contributed by atoms with Crippen LogP contribution in [0.15, 0.2) is 30.3 Å². The summed E-state index contributed by atoms with van der Waals surface area (Å²) in [5, 5.41) is 10.2. The van der Waals surface area contributed by atoms with Crippen LogP contribution in [-0.2, 0) is 18.9 Å². The van der Waals surface area contributed by atoms with Crippen LogP contribution in [0.1, 0.15) is 30.1 Å². The van der Waals surface area contributed by atoms with Crippen molar-refractivity contribution >= 4 is 21.7 Å². The largest absolute Gasteiger partial charge is 0.456 e. The second-order valence-corrected chi connectivity index (χ2v) is 6.59. The number of aliphatic hydroxyl groups excluding tert-OH is 1. The van der Waals surface area contributed by atoms with Crippen molar-refractivity contribution in [2.24, 2.45) is 0 Å². The molecule has 0 aromatic heterocycles. The lowest BCUT2D eigenvalue weighted by molar-refractivity contribution is -0.0845. The van der Waals surface area contributed by atoms with Gasteiger partial charge in [-0.3, -0.25) is 0 Å². The molecule has 2 saturated heterocycles. The monoisotopic (exact) mass is 356 g/mol. The Morgan fingerprint density at radius 2 is 1.96 bits per heavy atom. The summed E-state index contributed by atoms with van der Waals surface area (Å²) in [4.78, 5) is 12.3. The highest BCUT2D eigenvalue weighted by Gasteiger charge is 2.42. The quantitative estimate of drug-likeness (QED) is 0.593. The molecule has 8 heteroatoms. The molecule has 2 fully saturated rings. The van der Waals surface area contributed by atoms with Crippen molar-refractivity contribution < 1.29 is 28.8 Å². The normalized spacial score (nSPS) is 36.9. The third-order valence-electron chi connectivity index (χ3n) is 4.73. The summed E-state index contributed by atoms with van der Waals surface area (Å²) in [5.74, 6) is -0.440. The Hall–Kier alpha value is -1.34. The number of esters is 1. The van der Waals surface area contributed by atoms with Gasteiger partial charge in [0.2, 0.25) is 0 Å². The van der Waals surface area contributed by atoms with Gasteiger partial charge in [0.15, 0.2) is 0 Å². The average Bonchev–Trinajstić information content (AvgIpc) is 3.12. The molecule has 7 atom stereocenters. The molecule has 4 radical (unpaired) electrons. The molecule has 0 aliphatic carbocycles. The van der Waals surface area contributed by atoms with Gasteiger partial charge in [0, 0.05) is 18.4 Å². The van der Waals surface area contributed by atoms with E-state index in [-0.39, 0.29) is 12.7 Å². The fourth-order valence-electron chi connectivity index (χ4n) is 3.30. The summed E-state index contributed by atoms with van der Waals surface area (Å²) < 4.78 is 22.4. The molecule has 136 valence electrons. The zero-order valence-corrected chi connectivity index (χ0v) is 14.7. The summed E-state index contributed by atoms with van der Waals surface area (Å²) in [6.07, 6.45) is -1.88. The van der Waals surface area contributed by atoms with Gasteiger partial charge in [-0.25, -0.2) is 4.79 Å². The molecular weight excluding hydrogens is 334 g/mol. The Labute approximate surface area is 156 Å². The molecule has 26 heavy (non-hydrogen) atoms. The Kier molecular flexibility index (Phi) is 6.40. The van der Waals surface area contributed by atoms with Crippen LogP contribution in [0, 0.1) is 0 Å². The molecule has 1 aromatic rings. The maximum atomic E-state index is 12.3. The van der Waals surface area contributed by atoms with Crippen molar-refractivity contribution in [1.29, 1.82) is 0 Å². The number of aliphatic hydroxyl groups is 1. The van der Waals surface area contributed by atoms with E-state index in [1.165, 1.54) is 0 Å². The molecule has 0 amide bonds. The first kappa shape index (κ1) is 19.4. The number of benzene rings is 1. The lowest BCUT2D eigenvalue weighted by Crippen LogP contribution is -2.39. The zero-order chi connectivity index (χ0) is 18.7. The van der Waals surface area contributed by atoms with E-state index in [4.69, 9.17) is 34.6 Å². The van der Waals surface area contributed by atoms with E-state index in [2.05, 4.69) is 0 Å². The highest BCUT2D eigenvalue weighted by atomic mass is 16.6. The predicted molar refractivity (Wildman–Crippen MR) is 95.1 cm³/mol. The minimum Gasteiger partial charge on any atom is -0.456 e. The highest BCUT2D eigenvalue weighted by Crippen LogP contribution is 2.27. The summed E-state index contributed by atoms with van der Waals surface area (Å²) in [7, 11) is 11.7. The Bertz CT molecular complexity index is 601. The molecule has 2 heterocycles. The smallest absolute Gasteiger partial charge is 0.338 e. The number of hydrogen-bond acceptors (Lipinski definition) is 6. The third kappa shape index (κ3) is 4.31. The molecule has 1 unspecified atom stereocenters. The van der Waals surface area contributed by atoms with E-state index < -0.39 is 42.4 Å². The summed E-state index contributed by atoms with van der Waals surface area (Å²) >= 11 is 0. The number of carbonyl (C=O) groups excluding carboxylic acids is 1. The van der Waals surface area contributed by atoms with Gasteiger partial charge in [0.25, 0.3) is 0 Å². The molecule has 0 saturated carbocycles. The molecule has 1 N–H and O–H groups in total. The Balaban J connectivity index is 1.57. The molecular formula is C18H22B2O6. The van der Waals surface area contributed by atoms with Crippen LogP contribution >= 0.6 is 0 Å². The first-order valence-corrected chi connectivity index (χ1v) is 8.87. The SMILES string of the molecule is [B][C@@H]1O[C@H](CC)[C@H](O)C1OC[C@H]1O[C@@H]([B])C[C@H]1OC(=O)c1ccccc1. The van der Waals surface area contributed by atoms with Gasteiger partial charge in [-0.15, -0.1) is 0 Å². The molecule has 2 aliphatic heterocycles. The van der Waals surface area contributed by atoms with Crippen LogP contribution in [-0.4, -0.2) is 75.9 Å². The van der Waals surface area contributed by atoms with Crippen molar-refractivity contribution in [2.75, 3.05) is 6.61 Å². The van der Waals surface area contributed by atoms with Crippen LogP contribution in [0.4, 0.5) is 0 Å². The van der Waals surface area contributed by atoms with Crippen LogP contribution in [0.3, 0.4) is 0 Å². The second-order valence-electron chi connectivity index (χ2n) is 6.59. The van der Waals surface area contributed by atoms with E-state index in [0.717, 1.165) is 0 Å². The molecule has 2 aliphatic rings. The van der Waals surface area contributed by atoms with Crippen LogP contribution in [0.2, 0.25) is 0 Å². The van der Waals surface area contributed by atoms with Gasteiger partial charge in [0.1, 0.15) is 40.1 Å². The molecule has 0 bridgehead atoms. The Morgan fingerprint density at radius 3 is 2.62 bits per heavy atom. The van der Waals surface area contributed by atoms with E-state index in [1.54, 1.807) is 24.3 Å². The molecule has 0 spiro atoms.